The minimum absolute atomic E-state index is 0.315. The number of allylic oxidation sites excluding steroid dienone is 2. The van der Waals surface area contributed by atoms with Gasteiger partial charge in [0.25, 0.3) is 0 Å². The van der Waals surface area contributed by atoms with Gasteiger partial charge in [-0.15, -0.1) is 0 Å². The maximum Gasteiger partial charge on any atom is 0.335 e. The molecule has 1 N–H and O–H groups in total. The second kappa shape index (κ2) is 9.10. The highest BCUT2D eigenvalue weighted by atomic mass is 16.5. The lowest BCUT2D eigenvalue weighted by molar-refractivity contribution is 0.0697. The molecule has 4 heteroatoms. The van der Waals surface area contributed by atoms with Crippen molar-refractivity contribution in [3.63, 3.8) is 0 Å². The summed E-state index contributed by atoms with van der Waals surface area (Å²) in [4.78, 5) is 13.5. The maximum atomic E-state index is 11.3. The van der Waals surface area contributed by atoms with Crippen molar-refractivity contribution in [2.24, 2.45) is 5.92 Å². The fraction of sp³-hybridized carbons (Fsp3) is 0.320. The van der Waals surface area contributed by atoms with Crippen LogP contribution in [-0.2, 0) is 0 Å². The van der Waals surface area contributed by atoms with Gasteiger partial charge in [-0.1, -0.05) is 30.3 Å². The predicted octanol–water partition coefficient (Wildman–Crippen LogP) is 5.22. The Balaban J connectivity index is 2.08. The van der Waals surface area contributed by atoms with E-state index in [-0.39, 0.29) is 0 Å². The molecule has 29 heavy (non-hydrogen) atoms. The Morgan fingerprint density at radius 3 is 2.66 bits per heavy atom. The Labute approximate surface area is 173 Å². The second-order valence-corrected chi connectivity index (χ2v) is 7.87. The largest absolute Gasteiger partial charge is 0.497 e. The first-order valence-electron chi connectivity index (χ1n) is 9.93. The van der Waals surface area contributed by atoms with Crippen molar-refractivity contribution in [1.82, 2.24) is 4.90 Å². The first-order chi connectivity index (χ1) is 13.9. The molecule has 0 spiro atoms. The molecular formula is C25H29NO3. The molecule has 1 atom stereocenters. The van der Waals surface area contributed by atoms with E-state index in [0.29, 0.717) is 11.5 Å². The summed E-state index contributed by atoms with van der Waals surface area (Å²) in [5.74, 6) is 0.403. The summed E-state index contributed by atoms with van der Waals surface area (Å²) in [6, 6.07) is 15.4. The average Bonchev–Trinajstić information content (AvgIpc) is 2.70. The Morgan fingerprint density at radius 1 is 1.21 bits per heavy atom. The molecule has 0 fully saturated rings. The molecule has 0 saturated carbocycles. The van der Waals surface area contributed by atoms with Crippen LogP contribution in [0.3, 0.4) is 0 Å². The minimum Gasteiger partial charge on any atom is -0.497 e. The van der Waals surface area contributed by atoms with Crippen LogP contribution in [0.2, 0.25) is 0 Å². The van der Waals surface area contributed by atoms with Crippen LogP contribution in [0.4, 0.5) is 0 Å². The highest BCUT2D eigenvalue weighted by Crippen LogP contribution is 2.41. The molecule has 0 radical (unpaired) electrons. The lowest BCUT2D eigenvalue weighted by atomic mass is 9.76. The molecule has 152 valence electrons. The van der Waals surface area contributed by atoms with Crippen molar-refractivity contribution in [3.8, 4) is 5.75 Å². The predicted molar refractivity (Wildman–Crippen MR) is 118 cm³/mol. The van der Waals surface area contributed by atoms with Gasteiger partial charge in [-0.05, 0) is 91.9 Å². The number of carboxylic acid groups (broad SMARTS) is 1. The van der Waals surface area contributed by atoms with Crippen LogP contribution in [0.1, 0.15) is 41.3 Å². The number of ether oxygens (including phenoxy) is 1. The monoisotopic (exact) mass is 391 g/mol. The molecule has 3 rings (SSSR count). The summed E-state index contributed by atoms with van der Waals surface area (Å²) in [7, 11) is 5.92. The zero-order valence-corrected chi connectivity index (χ0v) is 17.6. The van der Waals surface area contributed by atoms with Gasteiger partial charge in [-0.2, -0.15) is 0 Å². The van der Waals surface area contributed by atoms with Crippen molar-refractivity contribution < 1.29 is 14.6 Å². The fourth-order valence-corrected chi connectivity index (χ4v) is 4.15. The Hall–Kier alpha value is -2.85. The lowest BCUT2D eigenvalue weighted by Crippen LogP contribution is -2.25. The third-order valence-corrected chi connectivity index (χ3v) is 5.50. The Morgan fingerprint density at radius 2 is 1.97 bits per heavy atom. The Kier molecular flexibility index (Phi) is 6.55. The fourth-order valence-electron chi connectivity index (χ4n) is 4.15. The van der Waals surface area contributed by atoms with Gasteiger partial charge in [0.15, 0.2) is 0 Å². The van der Waals surface area contributed by atoms with E-state index in [0.717, 1.165) is 30.7 Å². The summed E-state index contributed by atoms with van der Waals surface area (Å²) < 4.78 is 5.45. The van der Waals surface area contributed by atoms with Crippen LogP contribution in [0, 0.1) is 5.92 Å². The van der Waals surface area contributed by atoms with Gasteiger partial charge in [0.1, 0.15) is 5.75 Å². The summed E-state index contributed by atoms with van der Waals surface area (Å²) >= 11 is 0. The van der Waals surface area contributed by atoms with Crippen molar-refractivity contribution in [1.29, 1.82) is 0 Å². The van der Waals surface area contributed by atoms with E-state index in [2.05, 4.69) is 44.1 Å². The smallest absolute Gasteiger partial charge is 0.335 e. The molecule has 0 aliphatic heterocycles. The van der Waals surface area contributed by atoms with Crippen LogP contribution >= 0.6 is 0 Å². The van der Waals surface area contributed by atoms with E-state index in [1.165, 1.54) is 22.3 Å². The summed E-state index contributed by atoms with van der Waals surface area (Å²) in [6.07, 6.45) is 4.18. The van der Waals surface area contributed by atoms with Gasteiger partial charge >= 0.3 is 5.97 Å². The van der Waals surface area contributed by atoms with Crippen LogP contribution in [-0.4, -0.2) is 43.7 Å². The molecule has 0 heterocycles. The quantitative estimate of drug-likeness (QED) is 0.733. The maximum absolute atomic E-state index is 11.3. The second-order valence-electron chi connectivity index (χ2n) is 7.87. The molecule has 2 aromatic rings. The van der Waals surface area contributed by atoms with Crippen LogP contribution in [0.5, 0.6) is 5.75 Å². The summed E-state index contributed by atoms with van der Waals surface area (Å²) in [5, 5.41) is 9.28. The number of hydrogen-bond acceptors (Lipinski definition) is 3. The number of benzene rings is 2. The number of carboxylic acids is 1. The van der Waals surface area contributed by atoms with Gasteiger partial charge < -0.3 is 14.7 Å². The van der Waals surface area contributed by atoms with Crippen molar-refractivity contribution in [2.45, 2.75) is 19.8 Å². The van der Waals surface area contributed by atoms with E-state index in [9.17, 15) is 9.90 Å². The zero-order chi connectivity index (χ0) is 21.0. The third kappa shape index (κ3) is 4.96. The minimum atomic E-state index is -0.899. The zero-order valence-electron chi connectivity index (χ0n) is 17.6. The molecule has 1 aliphatic rings. The molecule has 2 aromatic carbocycles. The number of rotatable bonds is 6. The molecule has 0 amide bonds. The van der Waals surface area contributed by atoms with Gasteiger partial charge in [0.05, 0.1) is 12.7 Å². The van der Waals surface area contributed by atoms with Crippen LogP contribution < -0.4 is 4.74 Å². The van der Waals surface area contributed by atoms with Gasteiger partial charge in [0, 0.05) is 6.54 Å². The lowest BCUT2D eigenvalue weighted by Gasteiger charge is -2.32. The standard InChI is InChI=1S/C25H29NO3/c1-17-19(13-18-7-5-9-21(14-18)25(27)28)11-12-22(16-26(2)3)24(17)20-8-6-10-23(15-20)29-4/h5-10,13-15,22H,11-12,16H2,1-4H3,(H,27,28)/b19-13+. The summed E-state index contributed by atoms with van der Waals surface area (Å²) in [5.41, 5.74) is 6.33. The average molecular weight is 392 g/mol. The van der Waals surface area contributed by atoms with E-state index >= 15 is 0 Å². The van der Waals surface area contributed by atoms with E-state index in [1.54, 1.807) is 25.3 Å². The highest BCUT2D eigenvalue weighted by Gasteiger charge is 2.26. The van der Waals surface area contributed by atoms with E-state index < -0.39 is 5.97 Å². The molecule has 0 bridgehead atoms. The first kappa shape index (κ1) is 20.9. The molecule has 1 unspecified atom stereocenters. The number of methoxy groups -OCH3 is 1. The van der Waals surface area contributed by atoms with E-state index in [1.807, 2.05) is 18.2 Å². The summed E-state index contributed by atoms with van der Waals surface area (Å²) in [6.45, 7) is 3.18. The first-order valence-corrected chi connectivity index (χ1v) is 9.93. The molecule has 0 saturated heterocycles. The Bertz CT molecular complexity index is 956. The SMILES string of the molecule is COc1cccc(C2=C(C)/C(=C/c3cccc(C(=O)O)c3)CCC2CN(C)C)c1. The van der Waals surface area contributed by atoms with Crippen LogP contribution in [0.25, 0.3) is 11.6 Å². The third-order valence-electron chi connectivity index (χ3n) is 5.50. The van der Waals surface area contributed by atoms with Crippen LogP contribution in [0.15, 0.2) is 59.7 Å². The number of carbonyl (C=O) groups is 1. The highest BCUT2D eigenvalue weighted by molar-refractivity contribution is 5.88. The molecule has 0 aromatic heterocycles. The van der Waals surface area contributed by atoms with Crippen molar-refractivity contribution in [3.05, 3.63) is 76.4 Å². The number of nitrogens with zero attached hydrogens (tertiary/aromatic N) is 1. The van der Waals surface area contributed by atoms with E-state index in [4.69, 9.17) is 4.74 Å². The van der Waals surface area contributed by atoms with Gasteiger partial charge in [0.2, 0.25) is 0 Å². The molecular weight excluding hydrogens is 362 g/mol. The normalized spacial score (nSPS) is 18.4. The van der Waals surface area contributed by atoms with Gasteiger partial charge in [-0.25, -0.2) is 4.79 Å². The van der Waals surface area contributed by atoms with Crippen molar-refractivity contribution in [2.75, 3.05) is 27.7 Å². The van der Waals surface area contributed by atoms with Gasteiger partial charge in [-0.3, -0.25) is 0 Å². The number of hydrogen-bond donors (Lipinski definition) is 1. The molecule has 4 nitrogen and oxygen atoms in total. The molecule has 1 aliphatic carbocycles. The topological polar surface area (TPSA) is 49.8 Å². The van der Waals surface area contributed by atoms with Crippen molar-refractivity contribution >= 4 is 17.6 Å². The number of aromatic carboxylic acids is 1.